The van der Waals surface area contributed by atoms with Gasteiger partial charge in [0.05, 0.1) is 11.7 Å². The number of aromatic nitrogens is 3. The molecule has 1 N–H and O–H groups in total. The third-order valence-corrected chi connectivity index (χ3v) is 4.10. The summed E-state index contributed by atoms with van der Waals surface area (Å²) < 4.78 is 1.14. The first-order chi connectivity index (χ1) is 12.5. The number of carbonyl (C=O) groups is 1. The highest BCUT2D eigenvalue weighted by atomic mass is 16.2. The highest BCUT2D eigenvalue weighted by molar-refractivity contribution is 5.92. The number of hydrogen-bond acceptors (Lipinski definition) is 4. The highest BCUT2D eigenvalue weighted by Gasteiger charge is 2.18. The van der Waals surface area contributed by atoms with Crippen molar-refractivity contribution in [1.82, 2.24) is 20.1 Å². The SMILES string of the molecule is Cc1ccc(C[C@H](NC(=O)c2ccc(=O)n(C)n2)c2ccccn2)cc1. The zero-order valence-electron chi connectivity index (χ0n) is 14.7. The van der Waals surface area contributed by atoms with Crippen molar-refractivity contribution in [3.05, 3.63) is 93.7 Å². The number of benzene rings is 1. The van der Waals surface area contributed by atoms with Crippen molar-refractivity contribution in [1.29, 1.82) is 0 Å². The van der Waals surface area contributed by atoms with Gasteiger partial charge >= 0.3 is 0 Å². The Kier molecular flexibility index (Phi) is 5.22. The van der Waals surface area contributed by atoms with E-state index >= 15 is 0 Å². The van der Waals surface area contributed by atoms with E-state index in [9.17, 15) is 9.59 Å². The lowest BCUT2D eigenvalue weighted by atomic mass is 10.0. The van der Waals surface area contributed by atoms with Crippen molar-refractivity contribution in [3.63, 3.8) is 0 Å². The molecule has 0 spiro atoms. The van der Waals surface area contributed by atoms with Crippen LogP contribution in [-0.2, 0) is 13.5 Å². The smallest absolute Gasteiger partial charge is 0.272 e. The Labute approximate surface area is 151 Å². The molecule has 0 aliphatic rings. The number of amides is 1. The van der Waals surface area contributed by atoms with Gasteiger partial charge in [-0.05, 0) is 37.1 Å². The van der Waals surface area contributed by atoms with E-state index in [1.807, 2.05) is 49.4 Å². The molecule has 26 heavy (non-hydrogen) atoms. The van der Waals surface area contributed by atoms with Gasteiger partial charge in [0.15, 0.2) is 0 Å². The minimum absolute atomic E-state index is 0.192. The van der Waals surface area contributed by atoms with Gasteiger partial charge in [0, 0.05) is 19.3 Å². The molecule has 0 saturated heterocycles. The van der Waals surface area contributed by atoms with Gasteiger partial charge < -0.3 is 5.32 Å². The predicted octanol–water partition coefficient (Wildman–Crippen LogP) is 2.20. The minimum Gasteiger partial charge on any atom is -0.342 e. The van der Waals surface area contributed by atoms with Crippen molar-refractivity contribution >= 4 is 5.91 Å². The summed E-state index contributed by atoms with van der Waals surface area (Å²) in [6.07, 6.45) is 2.31. The fourth-order valence-electron chi connectivity index (χ4n) is 2.63. The molecule has 1 aromatic carbocycles. The first-order valence-electron chi connectivity index (χ1n) is 8.34. The van der Waals surface area contributed by atoms with Crippen molar-refractivity contribution in [3.8, 4) is 0 Å². The van der Waals surface area contributed by atoms with E-state index in [1.54, 1.807) is 6.20 Å². The van der Waals surface area contributed by atoms with Crippen LogP contribution in [0.5, 0.6) is 0 Å². The largest absolute Gasteiger partial charge is 0.342 e. The van der Waals surface area contributed by atoms with Crippen LogP contribution < -0.4 is 10.9 Å². The van der Waals surface area contributed by atoms with E-state index in [0.29, 0.717) is 6.42 Å². The molecule has 2 heterocycles. The number of rotatable bonds is 5. The van der Waals surface area contributed by atoms with Crippen LogP contribution in [0.2, 0.25) is 0 Å². The van der Waals surface area contributed by atoms with Crippen molar-refractivity contribution in [2.24, 2.45) is 7.05 Å². The normalized spacial score (nSPS) is 11.8. The number of hydrogen-bond donors (Lipinski definition) is 1. The fourth-order valence-corrected chi connectivity index (χ4v) is 2.63. The number of aryl methyl sites for hydroxylation is 2. The van der Waals surface area contributed by atoms with Gasteiger partial charge in [-0.1, -0.05) is 35.9 Å². The van der Waals surface area contributed by atoms with Crippen LogP contribution >= 0.6 is 0 Å². The zero-order valence-corrected chi connectivity index (χ0v) is 14.7. The van der Waals surface area contributed by atoms with E-state index in [4.69, 9.17) is 0 Å². The van der Waals surface area contributed by atoms with E-state index < -0.39 is 0 Å². The van der Waals surface area contributed by atoms with Gasteiger partial charge in [0.2, 0.25) is 0 Å². The van der Waals surface area contributed by atoms with Crippen LogP contribution in [0.1, 0.15) is 33.4 Å². The lowest BCUT2D eigenvalue weighted by Gasteiger charge is -2.18. The Balaban J connectivity index is 1.85. The molecular formula is C20H20N4O2. The maximum absolute atomic E-state index is 12.6. The molecule has 0 saturated carbocycles. The summed E-state index contributed by atoms with van der Waals surface area (Å²) in [5.74, 6) is -0.344. The van der Waals surface area contributed by atoms with Crippen molar-refractivity contribution < 1.29 is 4.79 Å². The number of carbonyl (C=O) groups excluding carboxylic acids is 1. The number of nitrogens with zero attached hydrogens (tertiary/aromatic N) is 3. The van der Waals surface area contributed by atoms with Gasteiger partial charge in [-0.15, -0.1) is 0 Å². The molecule has 3 rings (SSSR count). The molecule has 3 aromatic rings. The summed E-state index contributed by atoms with van der Waals surface area (Å²) in [5, 5.41) is 6.99. The topological polar surface area (TPSA) is 76.9 Å². The average molecular weight is 348 g/mol. The molecule has 132 valence electrons. The average Bonchev–Trinajstić information content (AvgIpc) is 2.66. The fraction of sp³-hybridized carbons (Fsp3) is 0.200. The molecule has 2 aromatic heterocycles. The summed E-state index contributed by atoms with van der Waals surface area (Å²) in [7, 11) is 1.52. The Hall–Kier alpha value is -3.28. The van der Waals surface area contributed by atoms with E-state index in [2.05, 4.69) is 15.4 Å². The standard InChI is InChI=1S/C20H20N4O2/c1-14-6-8-15(9-7-14)13-18(16-5-3-4-12-21-16)22-20(26)17-10-11-19(25)24(2)23-17/h3-12,18H,13H2,1-2H3,(H,22,26)/t18-/m0/s1. The molecule has 1 amide bonds. The maximum Gasteiger partial charge on any atom is 0.272 e. The Morgan fingerprint density at radius 1 is 1.12 bits per heavy atom. The van der Waals surface area contributed by atoms with Crippen LogP contribution in [0.3, 0.4) is 0 Å². The monoisotopic (exact) mass is 348 g/mol. The third kappa shape index (κ3) is 4.22. The quantitative estimate of drug-likeness (QED) is 0.767. The van der Waals surface area contributed by atoms with Gasteiger partial charge in [0.1, 0.15) is 5.69 Å². The summed E-state index contributed by atoms with van der Waals surface area (Å²) in [6, 6.07) is 16.2. The van der Waals surface area contributed by atoms with Gasteiger partial charge in [-0.2, -0.15) is 5.10 Å². The predicted molar refractivity (Wildman–Crippen MR) is 98.8 cm³/mol. The summed E-state index contributed by atoms with van der Waals surface area (Å²) >= 11 is 0. The van der Waals surface area contributed by atoms with Crippen LogP contribution in [0.4, 0.5) is 0 Å². The molecule has 6 heteroatoms. The van der Waals surface area contributed by atoms with Crippen LogP contribution in [-0.4, -0.2) is 20.7 Å². The second-order valence-corrected chi connectivity index (χ2v) is 6.15. The van der Waals surface area contributed by atoms with Crippen LogP contribution in [0.15, 0.2) is 65.6 Å². The van der Waals surface area contributed by atoms with Crippen LogP contribution in [0, 0.1) is 6.92 Å². The summed E-state index contributed by atoms with van der Waals surface area (Å²) in [6.45, 7) is 2.03. The molecule has 0 bridgehead atoms. The minimum atomic E-state index is -0.344. The Morgan fingerprint density at radius 2 is 1.88 bits per heavy atom. The lowest BCUT2D eigenvalue weighted by Crippen LogP contribution is -2.33. The summed E-state index contributed by atoms with van der Waals surface area (Å²) in [5.41, 5.74) is 2.98. The van der Waals surface area contributed by atoms with E-state index in [-0.39, 0.29) is 23.2 Å². The van der Waals surface area contributed by atoms with E-state index in [0.717, 1.165) is 15.9 Å². The number of pyridine rings is 1. The molecule has 6 nitrogen and oxygen atoms in total. The van der Waals surface area contributed by atoms with Crippen molar-refractivity contribution in [2.75, 3.05) is 0 Å². The van der Waals surface area contributed by atoms with E-state index in [1.165, 1.54) is 24.7 Å². The molecule has 0 fully saturated rings. The highest BCUT2D eigenvalue weighted by Crippen LogP contribution is 2.17. The molecule has 0 aliphatic heterocycles. The Morgan fingerprint density at radius 3 is 2.54 bits per heavy atom. The van der Waals surface area contributed by atoms with Crippen molar-refractivity contribution in [2.45, 2.75) is 19.4 Å². The first kappa shape index (κ1) is 17.5. The van der Waals surface area contributed by atoms with Gasteiger partial charge in [-0.3, -0.25) is 14.6 Å². The maximum atomic E-state index is 12.6. The molecular weight excluding hydrogens is 328 g/mol. The van der Waals surface area contributed by atoms with Gasteiger partial charge in [-0.25, -0.2) is 4.68 Å². The summed E-state index contributed by atoms with van der Waals surface area (Å²) in [4.78, 5) is 28.5. The molecule has 1 atom stereocenters. The first-order valence-corrected chi connectivity index (χ1v) is 8.34. The second-order valence-electron chi connectivity index (χ2n) is 6.15. The van der Waals surface area contributed by atoms with Crippen LogP contribution in [0.25, 0.3) is 0 Å². The molecule has 0 unspecified atom stereocenters. The van der Waals surface area contributed by atoms with Gasteiger partial charge in [0.25, 0.3) is 11.5 Å². The second kappa shape index (κ2) is 7.74. The molecule has 0 aliphatic carbocycles. The zero-order chi connectivity index (χ0) is 18.5. The lowest BCUT2D eigenvalue weighted by molar-refractivity contribution is 0.0928. The Bertz CT molecular complexity index is 950. The molecule has 0 radical (unpaired) electrons. The third-order valence-electron chi connectivity index (χ3n) is 4.10. The number of nitrogens with one attached hydrogen (secondary N) is 1.